The first-order valence-corrected chi connectivity index (χ1v) is 7.04. The van der Waals surface area contributed by atoms with E-state index in [9.17, 15) is 0 Å². The van der Waals surface area contributed by atoms with E-state index < -0.39 is 0 Å². The molecule has 0 radical (unpaired) electrons. The fraction of sp³-hybridized carbons (Fsp3) is 0.600. The summed E-state index contributed by atoms with van der Waals surface area (Å²) in [6.07, 6.45) is 6.20. The van der Waals surface area contributed by atoms with Crippen LogP contribution < -0.4 is 11.3 Å². The number of hydrogen-bond donors (Lipinski definition) is 2. The molecule has 1 heterocycles. The summed E-state index contributed by atoms with van der Waals surface area (Å²) in [5, 5.41) is 0. The van der Waals surface area contributed by atoms with Gasteiger partial charge in [-0.2, -0.15) is 0 Å². The van der Waals surface area contributed by atoms with Crippen LogP contribution in [-0.4, -0.2) is 18.8 Å². The lowest BCUT2D eigenvalue weighted by atomic mass is 9.73. The molecule has 1 aromatic carbocycles. The topological polar surface area (TPSA) is 47.3 Å². The molecule has 0 spiro atoms. The third-order valence-electron chi connectivity index (χ3n) is 4.38. The van der Waals surface area contributed by atoms with Crippen LogP contribution in [0.3, 0.4) is 0 Å². The molecule has 0 amide bonds. The lowest BCUT2D eigenvalue weighted by Gasteiger charge is -2.36. The minimum atomic E-state index is 0.295. The van der Waals surface area contributed by atoms with E-state index in [-0.39, 0.29) is 0 Å². The third-order valence-corrected chi connectivity index (χ3v) is 4.38. The second kappa shape index (κ2) is 5.39. The number of benzene rings is 1. The van der Waals surface area contributed by atoms with Crippen molar-refractivity contribution >= 4 is 0 Å². The lowest BCUT2D eigenvalue weighted by Crippen LogP contribution is -2.47. The molecule has 1 fully saturated rings. The van der Waals surface area contributed by atoms with Gasteiger partial charge >= 0.3 is 0 Å². The van der Waals surface area contributed by atoms with Crippen LogP contribution in [0.1, 0.15) is 42.7 Å². The molecule has 1 aliphatic heterocycles. The first kappa shape index (κ1) is 12.2. The van der Waals surface area contributed by atoms with E-state index in [1.807, 2.05) is 0 Å². The molecule has 3 unspecified atom stereocenters. The van der Waals surface area contributed by atoms with Gasteiger partial charge in [-0.25, -0.2) is 0 Å². The highest BCUT2D eigenvalue weighted by Gasteiger charge is 2.31. The van der Waals surface area contributed by atoms with Crippen molar-refractivity contribution < 1.29 is 4.74 Å². The van der Waals surface area contributed by atoms with Crippen LogP contribution in [0.25, 0.3) is 0 Å². The normalized spacial score (nSPS) is 28.3. The van der Waals surface area contributed by atoms with E-state index in [1.54, 1.807) is 0 Å². The Morgan fingerprint density at radius 3 is 2.94 bits per heavy atom. The maximum Gasteiger partial charge on any atom is 0.0741 e. The number of fused-ring (bicyclic) bond motifs is 1. The van der Waals surface area contributed by atoms with Crippen molar-refractivity contribution in [1.82, 2.24) is 5.43 Å². The van der Waals surface area contributed by atoms with Gasteiger partial charge in [0.05, 0.1) is 6.10 Å². The maximum atomic E-state index is 5.85. The highest BCUT2D eigenvalue weighted by molar-refractivity contribution is 5.39. The van der Waals surface area contributed by atoms with Crippen LogP contribution in [0.2, 0.25) is 0 Å². The Morgan fingerprint density at radius 2 is 2.22 bits per heavy atom. The molecule has 3 rings (SSSR count). The van der Waals surface area contributed by atoms with E-state index in [0.717, 1.165) is 19.4 Å². The fourth-order valence-electron chi connectivity index (χ4n) is 3.29. The molecule has 3 heteroatoms. The van der Waals surface area contributed by atoms with Gasteiger partial charge in [0.15, 0.2) is 0 Å². The second-order valence-corrected chi connectivity index (χ2v) is 5.51. The zero-order chi connectivity index (χ0) is 12.4. The molecule has 1 saturated heterocycles. The van der Waals surface area contributed by atoms with Gasteiger partial charge in [0.25, 0.3) is 0 Å². The molecule has 1 aromatic rings. The average Bonchev–Trinajstić information content (AvgIpc) is 2.41. The summed E-state index contributed by atoms with van der Waals surface area (Å²) in [6, 6.07) is 9.03. The Morgan fingerprint density at radius 1 is 1.33 bits per heavy atom. The Labute approximate surface area is 109 Å². The Bertz CT molecular complexity index is 401. The van der Waals surface area contributed by atoms with Crippen molar-refractivity contribution in [2.45, 2.75) is 50.2 Å². The lowest BCUT2D eigenvalue weighted by molar-refractivity contribution is -0.0112. The first-order chi connectivity index (χ1) is 8.88. The van der Waals surface area contributed by atoms with Crippen LogP contribution in [0.4, 0.5) is 0 Å². The molecule has 18 heavy (non-hydrogen) atoms. The number of nitrogens with two attached hydrogens (primary N) is 1. The SMILES string of the molecule is NNC(CC1Cc2ccccc21)C1CCCCO1. The first-order valence-electron chi connectivity index (χ1n) is 7.04. The molecule has 0 saturated carbocycles. The van der Waals surface area contributed by atoms with Gasteiger partial charge in [0.1, 0.15) is 0 Å². The van der Waals surface area contributed by atoms with E-state index in [0.29, 0.717) is 18.1 Å². The molecule has 3 N–H and O–H groups in total. The van der Waals surface area contributed by atoms with E-state index in [2.05, 4.69) is 29.7 Å². The predicted molar refractivity (Wildman–Crippen MR) is 72.2 cm³/mol. The average molecular weight is 246 g/mol. The number of hydrogen-bond acceptors (Lipinski definition) is 3. The predicted octanol–water partition coefficient (Wildman–Crippen LogP) is 2.12. The Balaban J connectivity index is 1.61. The smallest absolute Gasteiger partial charge is 0.0741 e. The molecule has 3 atom stereocenters. The minimum absolute atomic E-state index is 0.295. The summed E-state index contributed by atoms with van der Waals surface area (Å²) < 4.78 is 5.85. The van der Waals surface area contributed by atoms with Crippen LogP contribution >= 0.6 is 0 Å². The van der Waals surface area contributed by atoms with Gasteiger partial charge in [-0.3, -0.25) is 11.3 Å². The minimum Gasteiger partial charge on any atom is -0.377 e. The Hall–Kier alpha value is -0.900. The van der Waals surface area contributed by atoms with Gasteiger partial charge in [0, 0.05) is 12.6 Å². The van der Waals surface area contributed by atoms with Crippen LogP contribution in [0.15, 0.2) is 24.3 Å². The monoisotopic (exact) mass is 246 g/mol. The van der Waals surface area contributed by atoms with Gasteiger partial charge in [-0.15, -0.1) is 0 Å². The van der Waals surface area contributed by atoms with Gasteiger partial charge in [-0.05, 0) is 49.1 Å². The molecular formula is C15H22N2O. The van der Waals surface area contributed by atoms with Crippen molar-refractivity contribution in [2.75, 3.05) is 6.61 Å². The standard InChI is InChI=1S/C15H22N2O/c16-17-14(15-7-3-4-8-18-15)10-12-9-11-5-1-2-6-13(11)12/h1-2,5-6,12,14-15,17H,3-4,7-10,16H2. The van der Waals surface area contributed by atoms with Crippen molar-refractivity contribution in [3.05, 3.63) is 35.4 Å². The summed E-state index contributed by atoms with van der Waals surface area (Å²) in [5.41, 5.74) is 5.99. The van der Waals surface area contributed by atoms with Crippen molar-refractivity contribution in [3.63, 3.8) is 0 Å². The Kier molecular flexibility index (Phi) is 3.64. The highest BCUT2D eigenvalue weighted by Crippen LogP contribution is 2.38. The zero-order valence-electron chi connectivity index (χ0n) is 10.8. The molecule has 3 nitrogen and oxygen atoms in total. The molecule has 98 valence electrons. The van der Waals surface area contributed by atoms with E-state index >= 15 is 0 Å². The van der Waals surface area contributed by atoms with Gasteiger partial charge in [0.2, 0.25) is 0 Å². The number of nitrogens with one attached hydrogen (secondary N) is 1. The number of hydrazine groups is 1. The summed E-state index contributed by atoms with van der Waals surface area (Å²) in [7, 11) is 0. The van der Waals surface area contributed by atoms with Crippen LogP contribution in [-0.2, 0) is 11.2 Å². The second-order valence-electron chi connectivity index (χ2n) is 5.51. The summed E-state index contributed by atoms with van der Waals surface area (Å²) in [4.78, 5) is 0. The van der Waals surface area contributed by atoms with Gasteiger partial charge in [-0.1, -0.05) is 24.3 Å². The van der Waals surface area contributed by atoms with E-state index in [4.69, 9.17) is 10.6 Å². The summed E-state index contributed by atoms with van der Waals surface area (Å²) in [6.45, 7) is 0.893. The molecular weight excluding hydrogens is 224 g/mol. The van der Waals surface area contributed by atoms with Crippen molar-refractivity contribution in [2.24, 2.45) is 5.84 Å². The van der Waals surface area contributed by atoms with Gasteiger partial charge < -0.3 is 4.74 Å². The van der Waals surface area contributed by atoms with E-state index in [1.165, 1.54) is 30.4 Å². The zero-order valence-corrected chi connectivity index (χ0v) is 10.8. The largest absolute Gasteiger partial charge is 0.377 e. The summed E-state index contributed by atoms with van der Waals surface area (Å²) in [5.74, 6) is 6.38. The van der Waals surface area contributed by atoms with Crippen molar-refractivity contribution in [3.8, 4) is 0 Å². The molecule has 2 aliphatic rings. The van der Waals surface area contributed by atoms with Crippen molar-refractivity contribution in [1.29, 1.82) is 0 Å². The molecule has 0 aromatic heterocycles. The molecule has 0 bridgehead atoms. The van der Waals surface area contributed by atoms with Crippen LogP contribution in [0, 0.1) is 0 Å². The van der Waals surface area contributed by atoms with Crippen LogP contribution in [0.5, 0.6) is 0 Å². The maximum absolute atomic E-state index is 5.85. The summed E-state index contributed by atoms with van der Waals surface area (Å²) >= 11 is 0. The highest BCUT2D eigenvalue weighted by atomic mass is 16.5. The quantitative estimate of drug-likeness (QED) is 0.632. The third kappa shape index (κ3) is 2.30. The number of ether oxygens (including phenoxy) is 1. The molecule has 1 aliphatic carbocycles. The number of rotatable bonds is 4. The fourth-order valence-corrected chi connectivity index (χ4v) is 3.29.